The van der Waals surface area contributed by atoms with Crippen LogP contribution in [-0.2, 0) is 0 Å². The average molecular weight is 420 g/mol. The van der Waals surface area contributed by atoms with Crippen molar-refractivity contribution in [2.45, 2.75) is 31.7 Å². The molecule has 2 heterocycles. The van der Waals surface area contributed by atoms with Crippen molar-refractivity contribution in [3.8, 4) is 11.5 Å². The van der Waals surface area contributed by atoms with Gasteiger partial charge in [0.05, 0.1) is 16.2 Å². The van der Waals surface area contributed by atoms with Crippen molar-refractivity contribution in [1.82, 2.24) is 14.8 Å². The highest BCUT2D eigenvalue weighted by Gasteiger charge is 2.28. The summed E-state index contributed by atoms with van der Waals surface area (Å²) in [6, 6.07) is 9.25. The van der Waals surface area contributed by atoms with Crippen LogP contribution < -0.4 is 4.74 Å². The Hall–Kier alpha value is -1.82. The number of carbonyl (C=O) groups excluding carboxylic acids is 1. The van der Waals surface area contributed by atoms with Crippen LogP contribution in [0.5, 0.6) is 11.5 Å². The number of nitrogens with zero attached hydrogens (tertiary/aromatic N) is 3. The van der Waals surface area contributed by atoms with E-state index in [1.807, 2.05) is 4.90 Å². The minimum atomic E-state index is -0.0171. The van der Waals surface area contributed by atoms with E-state index < -0.39 is 0 Å². The minimum absolute atomic E-state index is 0.0171. The van der Waals surface area contributed by atoms with Gasteiger partial charge >= 0.3 is 0 Å². The number of pyridine rings is 1. The zero-order valence-corrected chi connectivity index (χ0v) is 17.1. The molecule has 2 aliphatic rings. The third kappa shape index (κ3) is 4.43. The Morgan fingerprint density at radius 1 is 0.964 bits per heavy atom. The van der Waals surface area contributed by atoms with E-state index in [2.05, 4.69) is 9.88 Å². The largest absolute Gasteiger partial charge is 0.456 e. The van der Waals surface area contributed by atoms with E-state index in [1.165, 1.54) is 19.3 Å². The first-order valence-corrected chi connectivity index (χ1v) is 10.5. The molecule has 1 aliphatic carbocycles. The van der Waals surface area contributed by atoms with Gasteiger partial charge in [0.15, 0.2) is 0 Å². The second-order valence-electron chi connectivity index (χ2n) is 7.32. The lowest BCUT2D eigenvalue weighted by Crippen LogP contribution is -2.42. The number of aromatic nitrogens is 1. The number of benzene rings is 1. The maximum absolute atomic E-state index is 12.8. The molecule has 148 valence electrons. The standard InChI is InChI=1S/C21H23Cl2N3O2/c22-18-7-5-16(13-19(18)23)28-17-6-8-20(24-14-17)21(27)26-10-2-9-25(11-12-26)15-3-1-4-15/h5-8,13-15H,1-4,9-12H2. The van der Waals surface area contributed by atoms with Crippen molar-refractivity contribution >= 4 is 29.1 Å². The van der Waals surface area contributed by atoms with E-state index >= 15 is 0 Å². The van der Waals surface area contributed by atoms with E-state index in [9.17, 15) is 4.79 Å². The number of ether oxygens (including phenoxy) is 1. The summed E-state index contributed by atoms with van der Waals surface area (Å²) in [6.45, 7) is 3.58. The summed E-state index contributed by atoms with van der Waals surface area (Å²) < 4.78 is 5.74. The molecule has 1 saturated heterocycles. The van der Waals surface area contributed by atoms with Crippen LogP contribution in [0, 0.1) is 0 Å². The number of hydrogen-bond donors (Lipinski definition) is 0. The van der Waals surface area contributed by atoms with Gasteiger partial charge in [0.1, 0.15) is 17.2 Å². The minimum Gasteiger partial charge on any atom is -0.456 e. The van der Waals surface area contributed by atoms with Gasteiger partial charge in [0, 0.05) is 38.3 Å². The van der Waals surface area contributed by atoms with E-state index in [0.717, 1.165) is 38.6 Å². The van der Waals surface area contributed by atoms with Crippen LogP contribution in [0.25, 0.3) is 0 Å². The van der Waals surface area contributed by atoms with Gasteiger partial charge in [-0.25, -0.2) is 4.98 Å². The molecule has 1 aromatic heterocycles. The normalized spacial score (nSPS) is 18.4. The molecular weight excluding hydrogens is 397 g/mol. The maximum atomic E-state index is 12.8. The molecule has 7 heteroatoms. The monoisotopic (exact) mass is 419 g/mol. The Bertz CT molecular complexity index is 840. The van der Waals surface area contributed by atoms with Crippen LogP contribution in [0.2, 0.25) is 10.0 Å². The van der Waals surface area contributed by atoms with Crippen LogP contribution >= 0.6 is 23.2 Å². The summed E-state index contributed by atoms with van der Waals surface area (Å²) >= 11 is 11.9. The van der Waals surface area contributed by atoms with Gasteiger partial charge < -0.3 is 9.64 Å². The second kappa shape index (κ2) is 8.68. The van der Waals surface area contributed by atoms with E-state index in [-0.39, 0.29) is 5.91 Å². The Morgan fingerprint density at radius 3 is 2.46 bits per heavy atom. The van der Waals surface area contributed by atoms with Gasteiger partial charge in [-0.05, 0) is 43.5 Å². The SMILES string of the molecule is O=C(c1ccc(Oc2ccc(Cl)c(Cl)c2)cn1)N1CCCN(C2CCC2)CC1. The number of carbonyl (C=O) groups is 1. The predicted molar refractivity (Wildman–Crippen MR) is 111 cm³/mol. The molecule has 1 amide bonds. The third-order valence-corrected chi connectivity index (χ3v) is 6.23. The summed E-state index contributed by atoms with van der Waals surface area (Å²) in [6.07, 6.45) is 6.52. The zero-order chi connectivity index (χ0) is 19.5. The molecule has 0 radical (unpaired) electrons. The summed E-state index contributed by atoms with van der Waals surface area (Å²) in [7, 11) is 0. The summed E-state index contributed by atoms with van der Waals surface area (Å²) in [5.74, 6) is 1.09. The number of halogens is 2. The fourth-order valence-corrected chi connectivity index (χ4v) is 3.95. The van der Waals surface area contributed by atoms with Gasteiger partial charge in [-0.3, -0.25) is 9.69 Å². The Morgan fingerprint density at radius 2 is 1.79 bits per heavy atom. The summed E-state index contributed by atoms with van der Waals surface area (Å²) in [4.78, 5) is 21.6. The molecule has 1 aromatic carbocycles. The highest BCUT2D eigenvalue weighted by atomic mass is 35.5. The van der Waals surface area contributed by atoms with Crippen LogP contribution in [-0.4, -0.2) is 52.9 Å². The number of hydrogen-bond acceptors (Lipinski definition) is 4. The lowest BCUT2D eigenvalue weighted by molar-refractivity contribution is 0.0744. The zero-order valence-electron chi connectivity index (χ0n) is 15.6. The van der Waals surface area contributed by atoms with Crippen molar-refractivity contribution < 1.29 is 9.53 Å². The van der Waals surface area contributed by atoms with Crippen LogP contribution in [0.1, 0.15) is 36.2 Å². The molecule has 0 unspecified atom stereocenters. The highest BCUT2D eigenvalue weighted by molar-refractivity contribution is 6.42. The van der Waals surface area contributed by atoms with Crippen molar-refractivity contribution in [3.63, 3.8) is 0 Å². The highest BCUT2D eigenvalue weighted by Crippen LogP contribution is 2.29. The van der Waals surface area contributed by atoms with Crippen molar-refractivity contribution in [3.05, 3.63) is 52.3 Å². The van der Waals surface area contributed by atoms with Crippen LogP contribution in [0.15, 0.2) is 36.5 Å². The topological polar surface area (TPSA) is 45.7 Å². The maximum Gasteiger partial charge on any atom is 0.272 e. The molecule has 5 nitrogen and oxygen atoms in total. The Labute approximate surface area is 175 Å². The van der Waals surface area contributed by atoms with E-state index in [0.29, 0.717) is 27.2 Å². The second-order valence-corrected chi connectivity index (χ2v) is 8.14. The van der Waals surface area contributed by atoms with Crippen LogP contribution in [0.4, 0.5) is 0 Å². The smallest absolute Gasteiger partial charge is 0.272 e. The van der Waals surface area contributed by atoms with Gasteiger partial charge in [-0.2, -0.15) is 0 Å². The van der Waals surface area contributed by atoms with E-state index in [1.54, 1.807) is 36.5 Å². The molecule has 0 N–H and O–H groups in total. The lowest BCUT2D eigenvalue weighted by atomic mass is 9.91. The van der Waals surface area contributed by atoms with Gasteiger partial charge in [0.25, 0.3) is 5.91 Å². The van der Waals surface area contributed by atoms with Crippen molar-refractivity contribution in [2.75, 3.05) is 26.2 Å². The van der Waals surface area contributed by atoms with Crippen molar-refractivity contribution in [1.29, 1.82) is 0 Å². The first-order chi connectivity index (χ1) is 13.6. The summed E-state index contributed by atoms with van der Waals surface area (Å²) in [5.41, 5.74) is 0.443. The molecule has 1 saturated carbocycles. The molecule has 0 spiro atoms. The first kappa shape index (κ1) is 19.5. The quantitative estimate of drug-likeness (QED) is 0.707. The molecule has 2 aromatic rings. The third-order valence-electron chi connectivity index (χ3n) is 5.49. The number of amides is 1. The molecule has 2 fully saturated rings. The van der Waals surface area contributed by atoms with Crippen LogP contribution in [0.3, 0.4) is 0 Å². The number of rotatable bonds is 4. The Kier molecular flexibility index (Phi) is 6.04. The molecule has 4 rings (SSSR count). The molecular formula is C21H23Cl2N3O2. The predicted octanol–water partition coefficient (Wildman–Crippen LogP) is 4.88. The Balaban J connectivity index is 1.37. The van der Waals surface area contributed by atoms with Gasteiger partial charge in [0.2, 0.25) is 0 Å². The van der Waals surface area contributed by atoms with Crippen molar-refractivity contribution in [2.24, 2.45) is 0 Å². The molecule has 1 aliphatic heterocycles. The fourth-order valence-electron chi connectivity index (χ4n) is 3.66. The first-order valence-electron chi connectivity index (χ1n) is 9.72. The fraction of sp³-hybridized carbons (Fsp3) is 0.429. The van der Waals surface area contributed by atoms with Gasteiger partial charge in [-0.1, -0.05) is 29.6 Å². The lowest BCUT2D eigenvalue weighted by Gasteiger charge is -2.36. The summed E-state index contributed by atoms with van der Waals surface area (Å²) in [5, 5.41) is 0.900. The average Bonchev–Trinajstić information content (AvgIpc) is 2.90. The molecule has 28 heavy (non-hydrogen) atoms. The molecule has 0 atom stereocenters. The molecule has 0 bridgehead atoms. The van der Waals surface area contributed by atoms with E-state index in [4.69, 9.17) is 27.9 Å². The van der Waals surface area contributed by atoms with Gasteiger partial charge in [-0.15, -0.1) is 0 Å².